The van der Waals surface area contributed by atoms with Gasteiger partial charge in [0.25, 0.3) is 5.91 Å². The van der Waals surface area contributed by atoms with Gasteiger partial charge in [-0.25, -0.2) is 9.67 Å². The molecule has 1 aromatic carbocycles. The van der Waals surface area contributed by atoms with Crippen molar-refractivity contribution in [2.45, 2.75) is 32.0 Å². The zero-order chi connectivity index (χ0) is 18.1. The normalized spacial score (nSPS) is 16.8. The largest absolute Gasteiger partial charge is 0.345 e. The van der Waals surface area contributed by atoms with Crippen molar-refractivity contribution in [2.24, 2.45) is 0 Å². The number of carbonyl (C=O) groups is 1. The van der Waals surface area contributed by atoms with E-state index in [1.165, 1.54) is 0 Å². The highest BCUT2D eigenvalue weighted by molar-refractivity contribution is 6.07. The number of rotatable bonds is 5. The number of aryl methyl sites for hydroxylation is 1. The van der Waals surface area contributed by atoms with Gasteiger partial charge in [0, 0.05) is 36.7 Å². The van der Waals surface area contributed by atoms with Crippen LogP contribution in [-0.2, 0) is 13.1 Å². The predicted octanol–water partition coefficient (Wildman–Crippen LogP) is 2.06. The van der Waals surface area contributed by atoms with E-state index in [1.807, 2.05) is 29.1 Å². The van der Waals surface area contributed by atoms with Gasteiger partial charge < -0.3 is 14.8 Å². The fraction of sp³-hybridized carbons (Fsp3) is 0.421. The minimum absolute atomic E-state index is 0.0498. The third kappa shape index (κ3) is 3.10. The number of benzene rings is 1. The summed E-state index contributed by atoms with van der Waals surface area (Å²) in [5, 5.41) is 8.38. The van der Waals surface area contributed by atoms with Gasteiger partial charge in [-0.1, -0.05) is 18.2 Å². The highest BCUT2D eigenvalue weighted by Crippen LogP contribution is 2.25. The number of aromatic nitrogens is 4. The minimum atomic E-state index is -0.0809. The van der Waals surface area contributed by atoms with Crippen molar-refractivity contribution in [3.63, 3.8) is 0 Å². The molecular weight excluding hydrogens is 328 g/mol. The Morgan fingerprint density at radius 3 is 3.04 bits per heavy atom. The predicted molar refractivity (Wildman–Crippen MR) is 100.0 cm³/mol. The summed E-state index contributed by atoms with van der Waals surface area (Å²) in [4.78, 5) is 19.5. The van der Waals surface area contributed by atoms with Gasteiger partial charge in [-0.15, -0.1) is 0 Å². The second-order valence-corrected chi connectivity index (χ2v) is 7.07. The zero-order valence-electron chi connectivity index (χ0n) is 15.2. The molecule has 0 fully saturated rings. The van der Waals surface area contributed by atoms with E-state index in [0.717, 1.165) is 54.8 Å². The number of hydrogen-bond acceptors (Lipinski definition) is 4. The standard InChI is InChI=1S/C19H24N6O/c1-23(2)10-11-24-12-15(14-6-3-4-8-17(14)24)19(26)22-16-7-5-9-25-18(16)20-13-21-25/h3-4,6,8,12-13,16H,5,7,9-11H2,1-2H3,(H,22,26). The third-order valence-corrected chi connectivity index (χ3v) is 4.95. The Labute approximate surface area is 152 Å². The van der Waals surface area contributed by atoms with Gasteiger partial charge in [0.2, 0.25) is 0 Å². The Bertz CT molecular complexity index is 925. The molecule has 7 nitrogen and oxygen atoms in total. The highest BCUT2D eigenvalue weighted by atomic mass is 16.1. The van der Waals surface area contributed by atoms with Crippen LogP contribution in [0, 0.1) is 0 Å². The van der Waals surface area contributed by atoms with Gasteiger partial charge in [-0.05, 0) is 33.0 Å². The van der Waals surface area contributed by atoms with E-state index in [2.05, 4.69) is 45.0 Å². The SMILES string of the molecule is CN(C)CCn1cc(C(=O)NC2CCCn3ncnc32)c2ccccc21. The van der Waals surface area contributed by atoms with Crippen LogP contribution >= 0.6 is 0 Å². The molecule has 1 aliphatic heterocycles. The Balaban J connectivity index is 1.61. The molecule has 3 aromatic rings. The molecule has 0 bridgehead atoms. The van der Waals surface area contributed by atoms with Gasteiger partial charge in [0.15, 0.2) is 0 Å². The van der Waals surface area contributed by atoms with Crippen molar-refractivity contribution < 1.29 is 4.79 Å². The van der Waals surface area contributed by atoms with E-state index in [0.29, 0.717) is 0 Å². The molecule has 136 valence electrons. The molecule has 1 aliphatic rings. The zero-order valence-corrected chi connectivity index (χ0v) is 15.2. The summed E-state index contributed by atoms with van der Waals surface area (Å²) < 4.78 is 4.04. The molecule has 3 heterocycles. The first-order valence-corrected chi connectivity index (χ1v) is 9.04. The molecule has 1 amide bonds. The quantitative estimate of drug-likeness (QED) is 0.763. The van der Waals surface area contributed by atoms with Crippen LogP contribution in [0.2, 0.25) is 0 Å². The minimum Gasteiger partial charge on any atom is -0.345 e. The van der Waals surface area contributed by atoms with Crippen molar-refractivity contribution in [1.82, 2.24) is 29.5 Å². The first-order chi connectivity index (χ1) is 12.6. The summed E-state index contributed by atoms with van der Waals surface area (Å²) in [7, 11) is 4.11. The Hall–Kier alpha value is -2.67. The van der Waals surface area contributed by atoms with Crippen LogP contribution in [0.25, 0.3) is 10.9 Å². The van der Waals surface area contributed by atoms with E-state index in [-0.39, 0.29) is 11.9 Å². The number of carbonyl (C=O) groups excluding carboxylic acids is 1. The maximum Gasteiger partial charge on any atom is 0.254 e. The number of amides is 1. The molecule has 0 aliphatic carbocycles. The lowest BCUT2D eigenvalue weighted by Crippen LogP contribution is -2.33. The number of nitrogens with one attached hydrogen (secondary N) is 1. The lowest BCUT2D eigenvalue weighted by Gasteiger charge is -2.23. The van der Waals surface area contributed by atoms with Crippen LogP contribution in [0.4, 0.5) is 0 Å². The highest BCUT2D eigenvalue weighted by Gasteiger charge is 2.25. The second kappa shape index (κ2) is 6.92. The number of para-hydroxylation sites is 1. The van der Waals surface area contributed by atoms with Crippen molar-refractivity contribution in [1.29, 1.82) is 0 Å². The molecule has 4 rings (SSSR count). The molecule has 1 atom stereocenters. The molecular formula is C19H24N6O. The number of hydrogen-bond donors (Lipinski definition) is 1. The van der Waals surface area contributed by atoms with Crippen LogP contribution < -0.4 is 5.32 Å². The average molecular weight is 352 g/mol. The monoisotopic (exact) mass is 352 g/mol. The van der Waals surface area contributed by atoms with Gasteiger partial charge in [0.05, 0.1) is 11.6 Å². The first kappa shape index (κ1) is 16.8. The maximum atomic E-state index is 13.0. The van der Waals surface area contributed by atoms with E-state index < -0.39 is 0 Å². The average Bonchev–Trinajstić information content (AvgIpc) is 3.25. The summed E-state index contributed by atoms with van der Waals surface area (Å²) in [6.07, 6.45) is 5.42. The van der Waals surface area contributed by atoms with Crippen LogP contribution in [0.1, 0.15) is 35.1 Å². The molecule has 0 saturated heterocycles. The van der Waals surface area contributed by atoms with E-state index >= 15 is 0 Å². The van der Waals surface area contributed by atoms with E-state index in [4.69, 9.17) is 0 Å². The Morgan fingerprint density at radius 2 is 2.19 bits per heavy atom. The summed E-state index contributed by atoms with van der Waals surface area (Å²) in [6, 6.07) is 7.99. The first-order valence-electron chi connectivity index (χ1n) is 9.04. The van der Waals surface area contributed by atoms with Gasteiger partial charge in [0.1, 0.15) is 12.2 Å². The topological polar surface area (TPSA) is 68.0 Å². The Morgan fingerprint density at radius 1 is 1.35 bits per heavy atom. The molecule has 1 N–H and O–H groups in total. The third-order valence-electron chi connectivity index (χ3n) is 4.95. The summed E-state index contributed by atoms with van der Waals surface area (Å²) in [5.41, 5.74) is 1.81. The van der Waals surface area contributed by atoms with Crippen LogP contribution in [0.3, 0.4) is 0 Å². The molecule has 0 radical (unpaired) electrons. The van der Waals surface area contributed by atoms with Crippen molar-refractivity contribution in [3.05, 3.63) is 48.2 Å². The van der Waals surface area contributed by atoms with E-state index in [1.54, 1.807) is 6.33 Å². The van der Waals surface area contributed by atoms with Crippen LogP contribution in [-0.4, -0.2) is 50.8 Å². The molecule has 0 saturated carbocycles. The second-order valence-electron chi connectivity index (χ2n) is 7.07. The summed E-state index contributed by atoms with van der Waals surface area (Å²) in [6.45, 7) is 2.63. The van der Waals surface area contributed by atoms with Crippen molar-refractivity contribution in [3.8, 4) is 0 Å². The smallest absolute Gasteiger partial charge is 0.254 e. The fourth-order valence-corrected chi connectivity index (χ4v) is 3.58. The van der Waals surface area contributed by atoms with Crippen LogP contribution in [0.5, 0.6) is 0 Å². The Kier molecular flexibility index (Phi) is 4.46. The maximum absolute atomic E-state index is 13.0. The molecule has 7 heteroatoms. The summed E-state index contributed by atoms with van der Waals surface area (Å²) >= 11 is 0. The lowest BCUT2D eigenvalue weighted by atomic mass is 10.1. The number of fused-ring (bicyclic) bond motifs is 2. The van der Waals surface area contributed by atoms with Crippen molar-refractivity contribution in [2.75, 3.05) is 20.6 Å². The number of nitrogens with zero attached hydrogens (tertiary/aromatic N) is 5. The summed E-state index contributed by atoms with van der Waals surface area (Å²) in [5.74, 6) is 0.798. The van der Waals surface area contributed by atoms with E-state index in [9.17, 15) is 4.79 Å². The lowest BCUT2D eigenvalue weighted by molar-refractivity contribution is 0.0928. The molecule has 2 aromatic heterocycles. The number of likely N-dealkylation sites (N-methyl/N-ethyl adjacent to an activating group) is 1. The van der Waals surface area contributed by atoms with Gasteiger partial charge in [-0.2, -0.15) is 5.10 Å². The van der Waals surface area contributed by atoms with Crippen LogP contribution in [0.15, 0.2) is 36.8 Å². The van der Waals surface area contributed by atoms with Gasteiger partial charge in [-0.3, -0.25) is 4.79 Å². The molecule has 0 spiro atoms. The molecule has 26 heavy (non-hydrogen) atoms. The molecule has 1 unspecified atom stereocenters. The van der Waals surface area contributed by atoms with Gasteiger partial charge >= 0.3 is 0 Å². The van der Waals surface area contributed by atoms with Crippen molar-refractivity contribution >= 4 is 16.8 Å². The fourth-order valence-electron chi connectivity index (χ4n) is 3.58.